The quantitative estimate of drug-likeness (QED) is 0.833. The van der Waals surface area contributed by atoms with Gasteiger partial charge < -0.3 is 5.32 Å². The van der Waals surface area contributed by atoms with Crippen molar-refractivity contribution in [1.29, 1.82) is 0 Å². The number of anilines is 1. The molecule has 0 radical (unpaired) electrons. The fraction of sp³-hybridized carbons (Fsp3) is 0.316. The molecule has 0 fully saturated rings. The molecule has 0 aliphatic carbocycles. The van der Waals surface area contributed by atoms with Crippen LogP contribution >= 0.6 is 0 Å². The molecule has 2 nitrogen and oxygen atoms in total. The van der Waals surface area contributed by atoms with Crippen LogP contribution in [0.15, 0.2) is 42.5 Å². The van der Waals surface area contributed by atoms with Gasteiger partial charge in [-0.05, 0) is 67.1 Å². The maximum absolute atomic E-state index is 12.2. The van der Waals surface area contributed by atoms with Gasteiger partial charge in [-0.15, -0.1) is 0 Å². The van der Waals surface area contributed by atoms with Crippen LogP contribution in [-0.4, -0.2) is 5.91 Å². The molecule has 1 N–H and O–H groups in total. The van der Waals surface area contributed by atoms with Crippen molar-refractivity contribution in [3.8, 4) is 0 Å². The van der Waals surface area contributed by atoms with Gasteiger partial charge in [0.05, 0.1) is 0 Å². The maximum atomic E-state index is 12.2. The second-order valence-corrected chi connectivity index (χ2v) is 5.68. The van der Waals surface area contributed by atoms with Crippen LogP contribution in [0.1, 0.15) is 53.2 Å². The minimum absolute atomic E-state index is 0.0608. The Kier molecular flexibility index (Phi) is 4.79. The van der Waals surface area contributed by atoms with E-state index in [0.29, 0.717) is 11.5 Å². The van der Waals surface area contributed by atoms with Crippen molar-refractivity contribution < 1.29 is 4.79 Å². The third-order valence-electron chi connectivity index (χ3n) is 4.12. The molecule has 0 aliphatic heterocycles. The van der Waals surface area contributed by atoms with Crippen LogP contribution < -0.4 is 5.32 Å². The molecule has 0 saturated heterocycles. The smallest absolute Gasteiger partial charge is 0.255 e. The lowest BCUT2D eigenvalue weighted by molar-refractivity contribution is 0.102. The number of benzene rings is 2. The van der Waals surface area contributed by atoms with Crippen molar-refractivity contribution in [1.82, 2.24) is 0 Å². The van der Waals surface area contributed by atoms with Crippen LogP contribution in [0.25, 0.3) is 0 Å². The van der Waals surface area contributed by atoms with Crippen LogP contribution in [0.4, 0.5) is 5.69 Å². The lowest BCUT2D eigenvalue weighted by Crippen LogP contribution is -2.12. The fourth-order valence-electron chi connectivity index (χ4n) is 2.22. The molecule has 21 heavy (non-hydrogen) atoms. The predicted molar refractivity (Wildman–Crippen MR) is 89.0 cm³/mol. The Morgan fingerprint density at radius 2 is 1.71 bits per heavy atom. The first-order valence-corrected chi connectivity index (χ1v) is 7.49. The minimum atomic E-state index is -0.0608. The average Bonchev–Trinajstić information content (AvgIpc) is 2.50. The van der Waals surface area contributed by atoms with E-state index in [2.05, 4.69) is 31.3 Å². The topological polar surface area (TPSA) is 29.1 Å². The van der Waals surface area contributed by atoms with E-state index in [4.69, 9.17) is 0 Å². The van der Waals surface area contributed by atoms with Gasteiger partial charge in [0.15, 0.2) is 0 Å². The van der Waals surface area contributed by atoms with Gasteiger partial charge in [-0.2, -0.15) is 0 Å². The van der Waals surface area contributed by atoms with Gasteiger partial charge in [-0.3, -0.25) is 4.79 Å². The zero-order valence-electron chi connectivity index (χ0n) is 13.2. The summed E-state index contributed by atoms with van der Waals surface area (Å²) in [4.78, 5) is 12.2. The molecule has 0 saturated carbocycles. The standard InChI is InChI=1S/C19H23NO/c1-5-13(2)16-8-10-18(11-9-16)20-19(21)17-7-6-14(3)15(4)12-17/h6-13H,5H2,1-4H3,(H,20,21)/t13-/m1/s1. The van der Waals surface area contributed by atoms with E-state index in [-0.39, 0.29) is 5.91 Å². The molecule has 2 heteroatoms. The highest BCUT2D eigenvalue weighted by atomic mass is 16.1. The van der Waals surface area contributed by atoms with E-state index >= 15 is 0 Å². The Labute approximate surface area is 127 Å². The molecule has 0 heterocycles. The first-order valence-electron chi connectivity index (χ1n) is 7.49. The zero-order valence-corrected chi connectivity index (χ0v) is 13.2. The second kappa shape index (κ2) is 6.57. The highest BCUT2D eigenvalue weighted by Gasteiger charge is 2.08. The van der Waals surface area contributed by atoms with Crippen LogP contribution in [0.5, 0.6) is 0 Å². The van der Waals surface area contributed by atoms with Crippen LogP contribution in [0.2, 0.25) is 0 Å². The Morgan fingerprint density at radius 1 is 1.05 bits per heavy atom. The summed E-state index contributed by atoms with van der Waals surface area (Å²) < 4.78 is 0. The van der Waals surface area contributed by atoms with Crippen LogP contribution in [0, 0.1) is 13.8 Å². The molecular weight excluding hydrogens is 258 g/mol. The van der Waals surface area contributed by atoms with Crippen molar-refractivity contribution in [3.05, 3.63) is 64.7 Å². The largest absolute Gasteiger partial charge is 0.322 e. The molecule has 0 aliphatic rings. The van der Waals surface area contributed by atoms with Crippen LogP contribution in [-0.2, 0) is 0 Å². The summed E-state index contributed by atoms with van der Waals surface area (Å²) in [5, 5.41) is 2.95. The summed E-state index contributed by atoms with van der Waals surface area (Å²) >= 11 is 0. The van der Waals surface area contributed by atoms with Gasteiger partial charge in [-0.25, -0.2) is 0 Å². The highest BCUT2D eigenvalue weighted by Crippen LogP contribution is 2.21. The van der Waals surface area contributed by atoms with Gasteiger partial charge in [-0.1, -0.05) is 32.0 Å². The number of aryl methyl sites for hydroxylation is 2. The lowest BCUT2D eigenvalue weighted by Gasteiger charge is -2.11. The zero-order chi connectivity index (χ0) is 15.4. The van der Waals surface area contributed by atoms with Gasteiger partial charge >= 0.3 is 0 Å². The Balaban J connectivity index is 2.10. The fourth-order valence-corrected chi connectivity index (χ4v) is 2.22. The molecule has 1 amide bonds. The van der Waals surface area contributed by atoms with Crippen molar-refractivity contribution in [2.45, 2.75) is 40.0 Å². The van der Waals surface area contributed by atoms with E-state index < -0.39 is 0 Å². The summed E-state index contributed by atoms with van der Waals surface area (Å²) in [5.41, 5.74) is 5.18. The molecule has 0 unspecified atom stereocenters. The number of hydrogen-bond acceptors (Lipinski definition) is 1. The highest BCUT2D eigenvalue weighted by molar-refractivity contribution is 6.04. The molecule has 0 bridgehead atoms. The Morgan fingerprint density at radius 3 is 2.29 bits per heavy atom. The Bertz CT molecular complexity index is 629. The van der Waals surface area contributed by atoms with Crippen LogP contribution in [0.3, 0.4) is 0 Å². The van der Waals surface area contributed by atoms with Crippen molar-refractivity contribution in [2.75, 3.05) is 5.32 Å². The molecule has 2 rings (SSSR count). The van der Waals surface area contributed by atoms with Gasteiger partial charge in [0.1, 0.15) is 0 Å². The van der Waals surface area contributed by atoms with Crippen molar-refractivity contribution in [3.63, 3.8) is 0 Å². The first-order chi connectivity index (χ1) is 10.0. The van der Waals surface area contributed by atoms with E-state index in [1.54, 1.807) is 0 Å². The number of nitrogens with one attached hydrogen (secondary N) is 1. The average molecular weight is 281 g/mol. The number of carbonyl (C=O) groups excluding carboxylic acids is 1. The molecule has 2 aromatic rings. The lowest BCUT2D eigenvalue weighted by atomic mass is 9.98. The van der Waals surface area contributed by atoms with E-state index in [1.807, 2.05) is 44.2 Å². The third-order valence-corrected chi connectivity index (χ3v) is 4.12. The van der Waals surface area contributed by atoms with Crippen molar-refractivity contribution in [2.24, 2.45) is 0 Å². The monoisotopic (exact) mass is 281 g/mol. The molecular formula is C19H23NO. The number of carbonyl (C=O) groups is 1. The summed E-state index contributed by atoms with van der Waals surface area (Å²) in [6.45, 7) is 8.46. The van der Waals surface area contributed by atoms with Gasteiger partial charge in [0.25, 0.3) is 5.91 Å². The summed E-state index contributed by atoms with van der Waals surface area (Å²) in [5.74, 6) is 0.490. The summed E-state index contributed by atoms with van der Waals surface area (Å²) in [7, 11) is 0. The van der Waals surface area contributed by atoms with Gasteiger partial charge in [0, 0.05) is 11.3 Å². The number of amides is 1. The van der Waals surface area contributed by atoms with E-state index in [0.717, 1.165) is 17.7 Å². The van der Waals surface area contributed by atoms with Crippen molar-refractivity contribution >= 4 is 11.6 Å². The van der Waals surface area contributed by atoms with E-state index in [9.17, 15) is 4.79 Å². The summed E-state index contributed by atoms with van der Waals surface area (Å²) in [6.07, 6.45) is 1.12. The molecule has 1 atom stereocenters. The SMILES string of the molecule is CC[C@@H](C)c1ccc(NC(=O)c2ccc(C)c(C)c2)cc1. The molecule has 0 aromatic heterocycles. The Hall–Kier alpha value is -2.09. The summed E-state index contributed by atoms with van der Waals surface area (Å²) in [6, 6.07) is 13.9. The van der Waals surface area contributed by atoms with E-state index in [1.165, 1.54) is 11.1 Å². The molecule has 0 spiro atoms. The third kappa shape index (κ3) is 3.72. The second-order valence-electron chi connectivity index (χ2n) is 5.68. The first kappa shape index (κ1) is 15.3. The number of hydrogen-bond donors (Lipinski definition) is 1. The normalized spacial score (nSPS) is 12.0. The number of rotatable bonds is 4. The maximum Gasteiger partial charge on any atom is 0.255 e. The minimum Gasteiger partial charge on any atom is -0.322 e. The van der Waals surface area contributed by atoms with Gasteiger partial charge in [0.2, 0.25) is 0 Å². The molecule has 2 aromatic carbocycles. The predicted octanol–water partition coefficient (Wildman–Crippen LogP) is 5.07. The molecule has 110 valence electrons.